The topological polar surface area (TPSA) is 70.2 Å². The Bertz CT molecular complexity index is 1050. The number of nitrogens with one attached hydrogen (secondary N) is 2. The van der Waals surface area contributed by atoms with Gasteiger partial charge in [-0.1, -0.05) is 0 Å². The van der Waals surface area contributed by atoms with Gasteiger partial charge in [0.1, 0.15) is 5.82 Å². The maximum atomic E-state index is 13.1. The average molecular weight is 347 g/mol. The number of alkyl halides is 3. The Labute approximate surface area is 137 Å². The van der Waals surface area contributed by atoms with Crippen molar-refractivity contribution in [2.24, 2.45) is 0 Å². The molecular weight excluding hydrogens is 338 g/mol. The number of benzene rings is 2. The lowest BCUT2D eigenvalue weighted by molar-refractivity contribution is -0.144. The van der Waals surface area contributed by atoms with Gasteiger partial charge in [-0.2, -0.15) is 23.4 Å². The van der Waals surface area contributed by atoms with E-state index in [4.69, 9.17) is 0 Å². The van der Waals surface area contributed by atoms with Crippen molar-refractivity contribution < 1.29 is 17.6 Å². The van der Waals surface area contributed by atoms with Crippen LogP contribution in [0.15, 0.2) is 42.5 Å². The van der Waals surface area contributed by atoms with E-state index in [0.29, 0.717) is 27.7 Å². The molecule has 0 saturated carbocycles. The molecule has 2 aromatic heterocycles. The van der Waals surface area contributed by atoms with Crippen molar-refractivity contribution in [2.45, 2.75) is 6.18 Å². The SMILES string of the molecule is Fc1ccc(-c2n[nH]c3ccc(-c4n[nH]c(C(F)(F)F)n4)cc23)cc1. The fourth-order valence-corrected chi connectivity index (χ4v) is 2.50. The Hall–Kier alpha value is -3.23. The number of nitrogens with zero attached hydrogens (tertiary/aromatic N) is 3. The fourth-order valence-electron chi connectivity index (χ4n) is 2.50. The molecule has 0 saturated heterocycles. The van der Waals surface area contributed by atoms with Gasteiger partial charge in [-0.25, -0.2) is 9.37 Å². The molecule has 0 radical (unpaired) electrons. The molecule has 4 aromatic rings. The molecule has 0 atom stereocenters. The molecule has 0 amide bonds. The fraction of sp³-hybridized carbons (Fsp3) is 0.0625. The second-order valence-electron chi connectivity index (χ2n) is 5.34. The summed E-state index contributed by atoms with van der Waals surface area (Å²) in [6.07, 6.45) is -4.59. The summed E-state index contributed by atoms with van der Waals surface area (Å²) in [7, 11) is 0. The van der Waals surface area contributed by atoms with Crippen LogP contribution in [0.3, 0.4) is 0 Å². The van der Waals surface area contributed by atoms with E-state index in [9.17, 15) is 17.6 Å². The van der Waals surface area contributed by atoms with E-state index in [1.807, 2.05) is 5.10 Å². The van der Waals surface area contributed by atoms with Crippen LogP contribution < -0.4 is 0 Å². The number of halogens is 4. The first-order chi connectivity index (χ1) is 11.9. The number of aromatic amines is 2. The van der Waals surface area contributed by atoms with Crippen molar-refractivity contribution in [1.82, 2.24) is 25.4 Å². The summed E-state index contributed by atoms with van der Waals surface area (Å²) in [5.74, 6) is -1.60. The first-order valence-corrected chi connectivity index (χ1v) is 7.16. The van der Waals surface area contributed by atoms with Crippen LogP contribution in [-0.2, 0) is 6.18 Å². The summed E-state index contributed by atoms with van der Waals surface area (Å²) in [5.41, 5.74) is 2.33. The number of aromatic nitrogens is 5. The van der Waals surface area contributed by atoms with Crippen molar-refractivity contribution in [1.29, 1.82) is 0 Å². The zero-order valence-electron chi connectivity index (χ0n) is 12.4. The van der Waals surface area contributed by atoms with Gasteiger partial charge in [-0.15, -0.1) is 0 Å². The van der Waals surface area contributed by atoms with E-state index < -0.39 is 12.0 Å². The Kier molecular flexibility index (Phi) is 3.31. The lowest BCUT2D eigenvalue weighted by Crippen LogP contribution is -2.07. The van der Waals surface area contributed by atoms with Gasteiger partial charge in [0.05, 0.1) is 11.2 Å². The third-order valence-corrected chi connectivity index (χ3v) is 3.69. The third-order valence-electron chi connectivity index (χ3n) is 3.69. The van der Waals surface area contributed by atoms with Gasteiger partial charge in [0.2, 0.25) is 5.82 Å². The van der Waals surface area contributed by atoms with Gasteiger partial charge < -0.3 is 0 Å². The molecule has 25 heavy (non-hydrogen) atoms. The van der Waals surface area contributed by atoms with Gasteiger partial charge in [-0.3, -0.25) is 10.2 Å². The molecule has 0 aliphatic rings. The summed E-state index contributed by atoms with van der Waals surface area (Å²) in [5, 5.41) is 13.2. The predicted octanol–water partition coefficient (Wildman–Crippen LogP) is 4.17. The van der Waals surface area contributed by atoms with Crippen molar-refractivity contribution in [3.8, 4) is 22.6 Å². The van der Waals surface area contributed by atoms with Crippen molar-refractivity contribution >= 4 is 10.9 Å². The average Bonchev–Trinajstić information content (AvgIpc) is 3.22. The number of fused-ring (bicyclic) bond motifs is 1. The van der Waals surface area contributed by atoms with Gasteiger partial charge in [0.25, 0.3) is 0 Å². The highest BCUT2D eigenvalue weighted by molar-refractivity contribution is 5.95. The molecule has 5 nitrogen and oxygen atoms in total. The smallest absolute Gasteiger partial charge is 0.277 e. The van der Waals surface area contributed by atoms with Crippen LogP contribution in [0.4, 0.5) is 17.6 Å². The Balaban J connectivity index is 1.81. The second kappa shape index (κ2) is 5.40. The van der Waals surface area contributed by atoms with E-state index in [1.165, 1.54) is 12.1 Å². The molecule has 0 aliphatic heterocycles. The first kappa shape index (κ1) is 15.3. The van der Waals surface area contributed by atoms with Crippen LogP contribution in [0.25, 0.3) is 33.5 Å². The van der Waals surface area contributed by atoms with Crippen LogP contribution in [0.5, 0.6) is 0 Å². The normalized spacial score (nSPS) is 12.0. The lowest BCUT2D eigenvalue weighted by Gasteiger charge is -2.00. The maximum Gasteiger partial charge on any atom is 0.451 e. The molecule has 0 bridgehead atoms. The van der Waals surface area contributed by atoms with Crippen molar-refractivity contribution in [3.05, 3.63) is 54.1 Å². The molecule has 0 fully saturated rings. The van der Waals surface area contributed by atoms with Gasteiger partial charge in [0, 0.05) is 16.5 Å². The summed E-state index contributed by atoms with van der Waals surface area (Å²) >= 11 is 0. The standard InChI is InChI=1S/C16H9F4N5/c17-10-4-1-8(2-5-10)13-11-7-9(3-6-12(11)22-23-13)14-21-15(25-24-14)16(18,19)20/h1-7H,(H,22,23)(H,21,24,25). The van der Waals surface area contributed by atoms with E-state index in [0.717, 1.165) is 0 Å². The quantitative estimate of drug-likeness (QED) is 0.535. The predicted molar refractivity (Wildman–Crippen MR) is 81.9 cm³/mol. The minimum atomic E-state index is -4.59. The minimum absolute atomic E-state index is 0.0690. The van der Waals surface area contributed by atoms with Crippen molar-refractivity contribution in [3.63, 3.8) is 0 Å². The highest BCUT2D eigenvalue weighted by atomic mass is 19.4. The zero-order valence-corrected chi connectivity index (χ0v) is 12.4. The van der Waals surface area contributed by atoms with Crippen LogP contribution in [0, 0.1) is 5.82 Å². The summed E-state index contributed by atoms with van der Waals surface area (Å²) in [4.78, 5) is 3.49. The van der Waals surface area contributed by atoms with Crippen LogP contribution in [-0.4, -0.2) is 25.4 Å². The van der Waals surface area contributed by atoms with Crippen LogP contribution in [0.2, 0.25) is 0 Å². The molecule has 2 aromatic carbocycles. The summed E-state index contributed by atoms with van der Waals surface area (Å²) in [6.45, 7) is 0. The molecule has 0 unspecified atom stereocenters. The van der Waals surface area contributed by atoms with Crippen LogP contribution in [0.1, 0.15) is 5.82 Å². The minimum Gasteiger partial charge on any atom is -0.277 e. The number of hydrogen-bond acceptors (Lipinski definition) is 3. The molecular formula is C16H9F4N5. The number of H-pyrrole nitrogens is 2. The maximum absolute atomic E-state index is 13.1. The van der Waals surface area contributed by atoms with Crippen molar-refractivity contribution in [2.75, 3.05) is 0 Å². The zero-order chi connectivity index (χ0) is 17.6. The largest absolute Gasteiger partial charge is 0.451 e. The summed E-state index contributed by atoms with van der Waals surface area (Å²) in [6, 6.07) is 10.7. The molecule has 126 valence electrons. The second-order valence-corrected chi connectivity index (χ2v) is 5.34. The van der Waals surface area contributed by atoms with Gasteiger partial charge in [-0.05, 0) is 42.5 Å². The third kappa shape index (κ3) is 2.73. The van der Waals surface area contributed by atoms with E-state index in [1.54, 1.807) is 30.3 Å². The van der Waals surface area contributed by atoms with E-state index >= 15 is 0 Å². The van der Waals surface area contributed by atoms with Crippen LogP contribution >= 0.6 is 0 Å². The molecule has 9 heteroatoms. The highest BCUT2D eigenvalue weighted by Gasteiger charge is 2.35. The Morgan fingerprint density at radius 2 is 1.56 bits per heavy atom. The number of rotatable bonds is 2. The number of hydrogen-bond donors (Lipinski definition) is 2. The van der Waals surface area contributed by atoms with E-state index in [-0.39, 0.29) is 11.6 Å². The Morgan fingerprint density at radius 3 is 2.24 bits per heavy atom. The molecule has 0 spiro atoms. The first-order valence-electron chi connectivity index (χ1n) is 7.16. The lowest BCUT2D eigenvalue weighted by atomic mass is 10.1. The van der Waals surface area contributed by atoms with Gasteiger partial charge >= 0.3 is 6.18 Å². The molecule has 4 rings (SSSR count). The highest BCUT2D eigenvalue weighted by Crippen LogP contribution is 2.31. The molecule has 2 heterocycles. The monoisotopic (exact) mass is 347 g/mol. The van der Waals surface area contributed by atoms with Gasteiger partial charge in [0.15, 0.2) is 5.82 Å². The molecule has 2 N–H and O–H groups in total. The van der Waals surface area contributed by atoms with E-state index in [2.05, 4.69) is 20.3 Å². The molecule has 0 aliphatic carbocycles. The Morgan fingerprint density at radius 1 is 0.840 bits per heavy atom. The summed E-state index contributed by atoms with van der Waals surface area (Å²) < 4.78 is 51.1.